The number of carbonyl (C=O) groups is 2. The topological polar surface area (TPSA) is 73.5 Å². The second kappa shape index (κ2) is 8.92. The van der Waals surface area contributed by atoms with Crippen LogP contribution in [0.4, 0.5) is 4.79 Å². The van der Waals surface area contributed by atoms with Crippen LogP contribution in [0.25, 0.3) is 0 Å². The molecule has 0 bridgehead atoms. The number of imide groups is 1. The fraction of sp³-hybridized carbons (Fsp3) is 0.857. The summed E-state index contributed by atoms with van der Waals surface area (Å²) < 4.78 is 0. The van der Waals surface area contributed by atoms with E-state index in [1.807, 2.05) is 13.8 Å². The monoisotopic (exact) mass is 284 g/mol. The van der Waals surface area contributed by atoms with Gasteiger partial charge in [0.2, 0.25) is 5.91 Å². The smallest absolute Gasteiger partial charge is 0.321 e. The van der Waals surface area contributed by atoms with Crippen LogP contribution in [0.2, 0.25) is 0 Å². The molecule has 6 nitrogen and oxygen atoms in total. The van der Waals surface area contributed by atoms with Crippen molar-refractivity contribution >= 4 is 11.9 Å². The zero-order valence-corrected chi connectivity index (χ0v) is 12.9. The molecular weight excluding hydrogens is 256 g/mol. The molecule has 1 aliphatic rings. The maximum Gasteiger partial charge on any atom is 0.321 e. The summed E-state index contributed by atoms with van der Waals surface area (Å²) in [5.41, 5.74) is 0. The molecule has 0 aromatic rings. The van der Waals surface area contributed by atoms with Crippen molar-refractivity contribution < 1.29 is 9.59 Å². The van der Waals surface area contributed by atoms with Crippen LogP contribution in [-0.2, 0) is 4.79 Å². The summed E-state index contributed by atoms with van der Waals surface area (Å²) in [4.78, 5) is 25.8. The van der Waals surface area contributed by atoms with Gasteiger partial charge in [-0.2, -0.15) is 0 Å². The number of hydrogen-bond acceptors (Lipinski definition) is 4. The Hall–Kier alpha value is -1.14. The van der Waals surface area contributed by atoms with Gasteiger partial charge in [-0.15, -0.1) is 0 Å². The second-order valence-corrected chi connectivity index (χ2v) is 5.24. The maximum atomic E-state index is 12.2. The Morgan fingerprint density at radius 3 is 2.50 bits per heavy atom. The Bertz CT molecular complexity index is 316. The maximum absolute atomic E-state index is 12.2. The third-order valence-corrected chi connectivity index (χ3v) is 3.71. The number of amides is 3. The summed E-state index contributed by atoms with van der Waals surface area (Å²) in [5, 5.41) is 8.33. The normalized spacial score (nSPS) is 17.8. The predicted octanol–water partition coefficient (Wildman–Crippen LogP) is 0.685. The van der Waals surface area contributed by atoms with Crippen LogP contribution in [0.1, 0.15) is 40.0 Å². The second-order valence-electron chi connectivity index (χ2n) is 5.24. The Morgan fingerprint density at radius 2 is 1.95 bits per heavy atom. The molecule has 0 saturated carbocycles. The average Bonchev–Trinajstić information content (AvgIpc) is 2.45. The summed E-state index contributed by atoms with van der Waals surface area (Å²) in [6.45, 7) is 9.21. The van der Waals surface area contributed by atoms with E-state index in [9.17, 15) is 9.59 Å². The van der Waals surface area contributed by atoms with Crippen LogP contribution < -0.4 is 16.0 Å². The van der Waals surface area contributed by atoms with Crippen molar-refractivity contribution in [3.05, 3.63) is 0 Å². The lowest BCUT2D eigenvalue weighted by atomic mass is 10.0. The fourth-order valence-electron chi connectivity index (χ4n) is 2.66. The first-order chi connectivity index (χ1) is 9.60. The van der Waals surface area contributed by atoms with Gasteiger partial charge in [0.1, 0.15) is 0 Å². The molecule has 0 spiro atoms. The summed E-state index contributed by atoms with van der Waals surface area (Å²) in [5.74, 6) is -0.220. The molecule has 0 aromatic carbocycles. The molecule has 116 valence electrons. The third kappa shape index (κ3) is 5.09. The number of nitrogens with zero attached hydrogens (tertiary/aromatic N) is 1. The van der Waals surface area contributed by atoms with Crippen molar-refractivity contribution in [2.75, 3.05) is 26.2 Å². The molecule has 0 aromatic heterocycles. The van der Waals surface area contributed by atoms with Gasteiger partial charge in [-0.05, 0) is 52.7 Å². The molecule has 1 atom stereocenters. The summed E-state index contributed by atoms with van der Waals surface area (Å²) in [7, 11) is 0. The SMILES string of the molecule is CCCN(C1CCNCC1)C(C)C(=O)NC(=O)NCC. The Balaban J connectivity index is 2.59. The molecule has 1 unspecified atom stereocenters. The third-order valence-electron chi connectivity index (χ3n) is 3.71. The molecule has 6 heteroatoms. The highest BCUT2D eigenvalue weighted by atomic mass is 16.2. The van der Waals surface area contributed by atoms with E-state index < -0.39 is 6.03 Å². The molecule has 3 N–H and O–H groups in total. The molecule has 0 radical (unpaired) electrons. The van der Waals surface area contributed by atoms with Gasteiger partial charge in [-0.3, -0.25) is 15.0 Å². The Kier molecular flexibility index (Phi) is 7.54. The van der Waals surface area contributed by atoms with Gasteiger partial charge >= 0.3 is 6.03 Å². The highest BCUT2D eigenvalue weighted by Gasteiger charge is 2.29. The highest BCUT2D eigenvalue weighted by molar-refractivity contribution is 5.96. The highest BCUT2D eigenvalue weighted by Crippen LogP contribution is 2.15. The fourth-order valence-corrected chi connectivity index (χ4v) is 2.66. The minimum atomic E-state index is -0.411. The largest absolute Gasteiger partial charge is 0.338 e. The standard InChI is InChI=1S/C14H28N4O2/c1-4-10-18(12-6-8-15-9-7-12)11(3)13(19)17-14(20)16-5-2/h11-12,15H,4-10H2,1-3H3,(H2,16,17,19,20). The van der Waals surface area contributed by atoms with Crippen molar-refractivity contribution in [3.63, 3.8) is 0 Å². The van der Waals surface area contributed by atoms with Crippen LogP contribution in [0, 0.1) is 0 Å². The van der Waals surface area contributed by atoms with E-state index in [1.54, 1.807) is 0 Å². The number of hydrogen-bond donors (Lipinski definition) is 3. The first-order valence-electron chi connectivity index (χ1n) is 7.65. The van der Waals surface area contributed by atoms with Crippen molar-refractivity contribution in [2.24, 2.45) is 0 Å². The molecule has 1 fully saturated rings. The summed E-state index contributed by atoms with van der Waals surface area (Å²) >= 11 is 0. The lowest BCUT2D eigenvalue weighted by molar-refractivity contribution is -0.125. The zero-order valence-electron chi connectivity index (χ0n) is 12.9. The van der Waals surface area contributed by atoms with Crippen LogP contribution >= 0.6 is 0 Å². The van der Waals surface area contributed by atoms with Crippen LogP contribution in [-0.4, -0.2) is 55.1 Å². The van der Waals surface area contributed by atoms with Crippen molar-refractivity contribution in [3.8, 4) is 0 Å². The summed E-state index contributed by atoms with van der Waals surface area (Å²) in [6.07, 6.45) is 3.11. The number of urea groups is 1. The minimum absolute atomic E-state index is 0.220. The minimum Gasteiger partial charge on any atom is -0.338 e. The van der Waals surface area contributed by atoms with E-state index in [2.05, 4.69) is 27.8 Å². The summed E-state index contributed by atoms with van der Waals surface area (Å²) in [6, 6.07) is -0.266. The zero-order chi connectivity index (χ0) is 15.0. The van der Waals surface area contributed by atoms with Gasteiger partial charge in [0.15, 0.2) is 0 Å². The van der Waals surface area contributed by atoms with Crippen LogP contribution in [0.15, 0.2) is 0 Å². The predicted molar refractivity (Wildman–Crippen MR) is 79.6 cm³/mol. The van der Waals surface area contributed by atoms with Crippen molar-refractivity contribution in [1.82, 2.24) is 20.9 Å². The number of carbonyl (C=O) groups excluding carboxylic acids is 2. The van der Waals surface area contributed by atoms with Gasteiger partial charge < -0.3 is 10.6 Å². The van der Waals surface area contributed by atoms with Gasteiger partial charge in [0.05, 0.1) is 6.04 Å². The van der Waals surface area contributed by atoms with E-state index in [4.69, 9.17) is 0 Å². The Morgan fingerprint density at radius 1 is 1.30 bits per heavy atom. The quantitative estimate of drug-likeness (QED) is 0.671. The van der Waals surface area contributed by atoms with Crippen molar-refractivity contribution in [2.45, 2.75) is 52.1 Å². The van der Waals surface area contributed by atoms with Crippen LogP contribution in [0.5, 0.6) is 0 Å². The van der Waals surface area contributed by atoms with Gasteiger partial charge in [-0.25, -0.2) is 4.79 Å². The van der Waals surface area contributed by atoms with Gasteiger partial charge in [0.25, 0.3) is 0 Å². The first kappa shape index (κ1) is 16.9. The molecule has 1 aliphatic heterocycles. The van der Waals surface area contributed by atoms with E-state index in [-0.39, 0.29) is 11.9 Å². The number of nitrogens with one attached hydrogen (secondary N) is 3. The molecule has 0 aliphatic carbocycles. The molecule has 1 rings (SSSR count). The van der Waals surface area contributed by atoms with Gasteiger partial charge in [-0.1, -0.05) is 6.92 Å². The van der Waals surface area contributed by atoms with Gasteiger partial charge in [0, 0.05) is 12.6 Å². The number of piperidine rings is 1. The van der Waals surface area contributed by atoms with Crippen LogP contribution in [0.3, 0.4) is 0 Å². The molecule has 1 heterocycles. The molecule has 3 amide bonds. The van der Waals surface area contributed by atoms with E-state index in [1.165, 1.54) is 0 Å². The lowest BCUT2D eigenvalue weighted by Crippen LogP contribution is -2.54. The lowest BCUT2D eigenvalue weighted by Gasteiger charge is -2.37. The molecule has 20 heavy (non-hydrogen) atoms. The average molecular weight is 284 g/mol. The van der Waals surface area contributed by atoms with E-state index in [0.717, 1.165) is 38.9 Å². The Labute approximate surface area is 121 Å². The first-order valence-corrected chi connectivity index (χ1v) is 7.65. The van der Waals surface area contributed by atoms with E-state index in [0.29, 0.717) is 12.6 Å². The van der Waals surface area contributed by atoms with Crippen molar-refractivity contribution in [1.29, 1.82) is 0 Å². The van der Waals surface area contributed by atoms with E-state index >= 15 is 0 Å². The number of rotatable bonds is 6. The molecule has 1 saturated heterocycles. The molecular formula is C14H28N4O2.